The molecule has 2 rings (SSSR count). The van der Waals surface area contributed by atoms with E-state index < -0.39 is 6.04 Å². The first-order valence-electron chi connectivity index (χ1n) is 6.34. The molecule has 0 saturated heterocycles. The van der Waals surface area contributed by atoms with Gasteiger partial charge in [-0.1, -0.05) is 30.3 Å². The van der Waals surface area contributed by atoms with Gasteiger partial charge >= 0.3 is 0 Å². The number of aliphatic hydroxyl groups is 1. The molecule has 0 saturated carbocycles. The van der Waals surface area contributed by atoms with Crippen molar-refractivity contribution in [1.29, 1.82) is 0 Å². The first kappa shape index (κ1) is 14.1. The lowest BCUT2D eigenvalue weighted by molar-refractivity contribution is -0.134. The largest absolute Gasteiger partial charge is 0.395 e. The van der Waals surface area contributed by atoms with Crippen LogP contribution >= 0.6 is 0 Å². The SMILES string of the molecule is CC(C(=O)N(C)CCO)n1nnc(-c2ccccc2)n1. The number of nitrogens with zero attached hydrogens (tertiary/aromatic N) is 5. The Morgan fingerprint density at radius 3 is 2.75 bits per heavy atom. The van der Waals surface area contributed by atoms with E-state index in [0.29, 0.717) is 5.82 Å². The molecule has 1 N–H and O–H groups in total. The van der Waals surface area contributed by atoms with E-state index >= 15 is 0 Å². The Hall–Kier alpha value is -2.28. The number of aromatic nitrogens is 4. The molecule has 0 fully saturated rings. The zero-order valence-electron chi connectivity index (χ0n) is 11.5. The first-order valence-corrected chi connectivity index (χ1v) is 6.34. The molecule has 0 radical (unpaired) electrons. The summed E-state index contributed by atoms with van der Waals surface area (Å²) in [6, 6.07) is 8.89. The van der Waals surface area contributed by atoms with Crippen molar-refractivity contribution in [3.63, 3.8) is 0 Å². The monoisotopic (exact) mass is 275 g/mol. The standard InChI is InChI=1S/C13H17N5O2/c1-10(13(20)17(2)8-9-19)18-15-12(14-16-18)11-6-4-3-5-7-11/h3-7,10,19H,8-9H2,1-2H3. The van der Waals surface area contributed by atoms with Crippen molar-refractivity contribution in [3.8, 4) is 11.4 Å². The summed E-state index contributed by atoms with van der Waals surface area (Å²) in [5.41, 5.74) is 0.849. The molecule has 20 heavy (non-hydrogen) atoms. The van der Waals surface area contributed by atoms with Crippen LogP contribution in [-0.4, -0.2) is 56.3 Å². The number of carbonyl (C=O) groups excluding carboxylic acids is 1. The summed E-state index contributed by atoms with van der Waals surface area (Å²) in [6.07, 6.45) is 0. The van der Waals surface area contributed by atoms with E-state index in [4.69, 9.17) is 5.11 Å². The van der Waals surface area contributed by atoms with Gasteiger partial charge in [0, 0.05) is 19.2 Å². The van der Waals surface area contributed by atoms with Crippen LogP contribution in [0.2, 0.25) is 0 Å². The van der Waals surface area contributed by atoms with Crippen LogP contribution in [0.15, 0.2) is 30.3 Å². The number of hydrogen-bond donors (Lipinski definition) is 1. The summed E-state index contributed by atoms with van der Waals surface area (Å²) < 4.78 is 0. The van der Waals surface area contributed by atoms with E-state index in [9.17, 15) is 4.79 Å². The molecule has 0 aliphatic carbocycles. The van der Waals surface area contributed by atoms with Crippen LogP contribution in [0, 0.1) is 0 Å². The minimum absolute atomic E-state index is 0.0744. The van der Waals surface area contributed by atoms with Crippen molar-refractivity contribution in [2.75, 3.05) is 20.2 Å². The van der Waals surface area contributed by atoms with Gasteiger partial charge in [-0.15, -0.1) is 10.2 Å². The van der Waals surface area contributed by atoms with Crippen LogP contribution in [0.1, 0.15) is 13.0 Å². The number of carbonyl (C=O) groups is 1. The average Bonchev–Trinajstić information content (AvgIpc) is 2.96. The second kappa shape index (κ2) is 6.25. The van der Waals surface area contributed by atoms with Gasteiger partial charge in [0.05, 0.1) is 6.61 Å². The Balaban J connectivity index is 2.14. The van der Waals surface area contributed by atoms with Crippen molar-refractivity contribution in [1.82, 2.24) is 25.1 Å². The summed E-state index contributed by atoms with van der Waals surface area (Å²) in [5.74, 6) is 0.311. The lowest BCUT2D eigenvalue weighted by atomic mass is 10.2. The van der Waals surface area contributed by atoms with Crippen molar-refractivity contribution < 1.29 is 9.90 Å². The second-order valence-corrected chi connectivity index (χ2v) is 4.46. The van der Waals surface area contributed by atoms with Crippen molar-refractivity contribution in [3.05, 3.63) is 30.3 Å². The van der Waals surface area contributed by atoms with Gasteiger partial charge in [-0.25, -0.2) is 0 Å². The zero-order valence-corrected chi connectivity index (χ0v) is 11.5. The van der Waals surface area contributed by atoms with E-state index in [1.165, 1.54) is 9.70 Å². The van der Waals surface area contributed by atoms with Gasteiger partial charge in [0.2, 0.25) is 11.7 Å². The number of amides is 1. The molecule has 7 nitrogen and oxygen atoms in total. The summed E-state index contributed by atoms with van der Waals surface area (Å²) >= 11 is 0. The van der Waals surface area contributed by atoms with E-state index in [2.05, 4.69) is 15.4 Å². The molecular weight excluding hydrogens is 258 g/mol. The van der Waals surface area contributed by atoms with Crippen molar-refractivity contribution in [2.24, 2.45) is 0 Å². The van der Waals surface area contributed by atoms with Crippen molar-refractivity contribution >= 4 is 5.91 Å². The van der Waals surface area contributed by atoms with E-state index in [-0.39, 0.29) is 19.1 Å². The maximum atomic E-state index is 12.1. The fourth-order valence-corrected chi connectivity index (χ4v) is 1.77. The van der Waals surface area contributed by atoms with Gasteiger partial charge in [0.25, 0.3) is 0 Å². The highest BCUT2D eigenvalue weighted by Gasteiger charge is 2.21. The van der Waals surface area contributed by atoms with Crippen LogP contribution in [0.25, 0.3) is 11.4 Å². The molecule has 0 bridgehead atoms. The third kappa shape index (κ3) is 3.00. The summed E-state index contributed by atoms with van der Waals surface area (Å²) in [7, 11) is 1.63. The Kier molecular flexibility index (Phi) is 4.41. The fraction of sp³-hybridized carbons (Fsp3) is 0.385. The van der Waals surface area contributed by atoms with E-state index in [1.807, 2.05) is 30.3 Å². The van der Waals surface area contributed by atoms with E-state index in [1.54, 1.807) is 14.0 Å². The maximum absolute atomic E-state index is 12.1. The topological polar surface area (TPSA) is 84.1 Å². The third-order valence-electron chi connectivity index (χ3n) is 2.98. The third-order valence-corrected chi connectivity index (χ3v) is 2.98. The van der Waals surface area contributed by atoms with Crippen LogP contribution in [0.4, 0.5) is 0 Å². The first-order chi connectivity index (χ1) is 9.63. The van der Waals surface area contributed by atoms with Gasteiger partial charge in [-0.3, -0.25) is 4.79 Å². The Morgan fingerprint density at radius 1 is 1.40 bits per heavy atom. The minimum Gasteiger partial charge on any atom is -0.395 e. The Bertz CT molecular complexity index is 569. The molecular formula is C13H17N5O2. The van der Waals surface area contributed by atoms with Gasteiger partial charge in [-0.2, -0.15) is 4.80 Å². The smallest absolute Gasteiger partial charge is 0.248 e. The lowest BCUT2D eigenvalue weighted by Crippen LogP contribution is -2.35. The predicted molar refractivity (Wildman–Crippen MR) is 72.7 cm³/mol. The number of rotatable bonds is 5. The van der Waals surface area contributed by atoms with Gasteiger partial charge in [0.1, 0.15) is 6.04 Å². The van der Waals surface area contributed by atoms with Gasteiger partial charge in [0.15, 0.2) is 0 Å². The highest BCUT2D eigenvalue weighted by molar-refractivity contribution is 5.79. The number of tetrazole rings is 1. The molecule has 0 spiro atoms. The molecule has 1 unspecified atom stereocenters. The molecule has 1 aromatic carbocycles. The zero-order chi connectivity index (χ0) is 14.5. The van der Waals surface area contributed by atoms with Crippen LogP contribution < -0.4 is 0 Å². The molecule has 106 valence electrons. The number of benzene rings is 1. The fourth-order valence-electron chi connectivity index (χ4n) is 1.77. The van der Waals surface area contributed by atoms with Crippen LogP contribution in [0.3, 0.4) is 0 Å². The van der Waals surface area contributed by atoms with Gasteiger partial charge in [-0.05, 0) is 12.1 Å². The molecule has 1 amide bonds. The number of hydrogen-bond acceptors (Lipinski definition) is 5. The molecule has 1 atom stereocenters. The van der Waals surface area contributed by atoms with Gasteiger partial charge < -0.3 is 10.0 Å². The number of aliphatic hydroxyl groups excluding tert-OH is 1. The average molecular weight is 275 g/mol. The van der Waals surface area contributed by atoms with Crippen LogP contribution in [0.5, 0.6) is 0 Å². The summed E-state index contributed by atoms with van der Waals surface area (Å²) in [5, 5.41) is 21.0. The Morgan fingerprint density at radius 2 is 2.10 bits per heavy atom. The van der Waals surface area contributed by atoms with E-state index in [0.717, 1.165) is 5.56 Å². The molecule has 1 aromatic heterocycles. The summed E-state index contributed by atoms with van der Waals surface area (Å²) in [6.45, 7) is 1.91. The molecule has 2 aromatic rings. The maximum Gasteiger partial charge on any atom is 0.248 e. The van der Waals surface area contributed by atoms with Crippen molar-refractivity contribution in [2.45, 2.75) is 13.0 Å². The predicted octanol–water partition coefficient (Wildman–Crippen LogP) is 0.352. The number of likely N-dealkylation sites (N-methyl/N-ethyl adjacent to an activating group) is 1. The Labute approximate surface area is 116 Å². The second-order valence-electron chi connectivity index (χ2n) is 4.46. The normalized spacial score (nSPS) is 12.2. The molecule has 7 heteroatoms. The minimum atomic E-state index is -0.559. The highest BCUT2D eigenvalue weighted by atomic mass is 16.3. The van der Waals surface area contributed by atoms with Crippen LogP contribution in [-0.2, 0) is 4.79 Å². The molecule has 0 aliphatic heterocycles. The molecule has 0 aliphatic rings. The lowest BCUT2D eigenvalue weighted by Gasteiger charge is -2.19. The summed E-state index contributed by atoms with van der Waals surface area (Å²) in [4.78, 5) is 14.8. The highest BCUT2D eigenvalue weighted by Crippen LogP contribution is 2.14. The quantitative estimate of drug-likeness (QED) is 0.851. The molecule has 1 heterocycles.